The summed E-state index contributed by atoms with van der Waals surface area (Å²) in [4.78, 5) is 15.1. The SMILES string of the molecule is Cc1cc(C)n(C[C@@H](C)NC(=O)c2cc(N3CCCCC3)ccc2Cl)n1. The minimum Gasteiger partial charge on any atom is -0.372 e. The first-order valence-electron chi connectivity index (χ1n) is 9.30. The lowest BCUT2D eigenvalue weighted by Gasteiger charge is -2.29. The van der Waals surface area contributed by atoms with Crippen LogP contribution in [0.4, 0.5) is 5.69 Å². The molecule has 26 heavy (non-hydrogen) atoms. The Labute approximate surface area is 160 Å². The Hall–Kier alpha value is -2.01. The van der Waals surface area contributed by atoms with Gasteiger partial charge in [-0.2, -0.15) is 5.10 Å². The fraction of sp³-hybridized carbons (Fsp3) is 0.500. The van der Waals surface area contributed by atoms with E-state index in [-0.39, 0.29) is 11.9 Å². The Balaban J connectivity index is 1.69. The first kappa shape index (κ1) is 18.8. The number of carbonyl (C=O) groups excluding carboxylic acids is 1. The average Bonchev–Trinajstić information content (AvgIpc) is 2.93. The first-order valence-corrected chi connectivity index (χ1v) is 9.68. The van der Waals surface area contributed by atoms with Gasteiger partial charge in [-0.05, 0) is 64.3 Å². The quantitative estimate of drug-likeness (QED) is 0.861. The highest BCUT2D eigenvalue weighted by Gasteiger charge is 2.18. The lowest BCUT2D eigenvalue weighted by atomic mass is 10.1. The highest BCUT2D eigenvalue weighted by atomic mass is 35.5. The number of piperidine rings is 1. The van der Waals surface area contributed by atoms with E-state index in [1.807, 2.05) is 49.7 Å². The Kier molecular flexibility index (Phi) is 5.87. The van der Waals surface area contributed by atoms with Gasteiger partial charge in [0.15, 0.2) is 0 Å². The van der Waals surface area contributed by atoms with E-state index in [0.29, 0.717) is 17.1 Å². The zero-order valence-electron chi connectivity index (χ0n) is 15.8. The second-order valence-electron chi connectivity index (χ2n) is 7.20. The molecule has 1 N–H and O–H groups in total. The van der Waals surface area contributed by atoms with Crippen LogP contribution in [0.3, 0.4) is 0 Å². The van der Waals surface area contributed by atoms with Crippen LogP contribution in [0.25, 0.3) is 0 Å². The summed E-state index contributed by atoms with van der Waals surface area (Å²) < 4.78 is 1.92. The number of hydrogen-bond donors (Lipinski definition) is 1. The average molecular weight is 375 g/mol. The third-order valence-electron chi connectivity index (χ3n) is 4.84. The summed E-state index contributed by atoms with van der Waals surface area (Å²) >= 11 is 6.31. The third-order valence-corrected chi connectivity index (χ3v) is 5.17. The Morgan fingerprint density at radius 1 is 1.23 bits per heavy atom. The molecule has 1 saturated heterocycles. The highest BCUT2D eigenvalue weighted by Crippen LogP contribution is 2.25. The van der Waals surface area contributed by atoms with Gasteiger partial charge in [-0.25, -0.2) is 0 Å². The van der Waals surface area contributed by atoms with Crippen molar-refractivity contribution in [1.82, 2.24) is 15.1 Å². The number of carbonyl (C=O) groups is 1. The number of hydrogen-bond acceptors (Lipinski definition) is 3. The molecule has 1 atom stereocenters. The molecule has 1 aliphatic heterocycles. The molecule has 1 aromatic carbocycles. The van der Waals surface area contributed by atoms with Crippen molar-refractivity contribution < 1.29 is 4.79 Å². The van der Waals surface area contributed by atoms with Crippen LogP contribution in [0, 0.1) is 13.8 Å². The van der Waals surface area contributed by atoms with E-state index in [9.17, 15) is 4.79 Å². The van der Waals surface area contributed by atoms with Gasteiger partial charge >= 0.3 is 0 Å². The van der Waals surface area contributed by atoms with Crippen LogP contribution < -0.4 is 10.2 Å². The molecule has 1 aliphatic rings. The van der Waals surface area contributed by atoms with Crippen molar-refractivity contribution in [2.24, 2.45) is 0 Å². The maximum atomic E-state index is 12.7. The van der Waals surface area contributed by atoms with Crippen LogP contribution in [-0.2, 0) is 6.54 Å². The van der Waals surface area contributed by atoms with E-state index in [1.54, 1.807) is 0 Å². The maximum absolute atomic E-state index is 12.7. The standard InChI is InChI=1S/C20H27ClN4O/c1-14-11-16(3)25(23-14)13-15(2)22-20(26)18-12-17(7-8-19(18)21)24-9-5-4-6-10-24/h7-8,11-12,15H,4-6,9-10,13H2,1-3H3,(H,22,26)/t15-/m1/s1. The van der Waals surface area contributed by atoms with Crippen molar-refractivity contribution >= 4 is 23.2 Å². The summed E-state index contributed by atoms with van der Waals surface area (Å²) in [6.45, 7) is 8.69. The molecular formula is C20H27ClN4O. The van der Waals surface area contributed by atoms with Gasteiger partial charge in [0.2, 0.25) is 0 Å². The fourth-order valence-corrected chi connectivity index (χ4v) is 3.71. The van der Waals surface area contributed by atoms with Gasteiger partial charge in [-0.15, -0.1) is 0 Å². The highest BCUT2D eigenvalue weighted by molar-refractivity contribution is 6.34. The number of halogens is 1. The summed E-state index contributed by atoms with van der Waals surface area (Å²) in [7, 11) is 0. The Morgan fingerprint density at radius 2 is 1.96 bits per heavy atom. The minimum atomic E-state index is -0.136. The number of rotatable bonds is 5. The molecule has 5 nitrogen and oxygen atoms in total. The van der Waals surface area contributed by atoms with Gasteiger partial charge in [0, 0.05) is 30.5 Å². The number of benzene rings is 1. The number of aryl methyl sites for hydroxylation is 2. The van der Waals surface area contributed by atoms with Crippen molar-refractivity contribution in [1.29, 1.82) is 0 Å². The van der Waals surface area contributed by atoms with Crippen molar-refractivity contribution in [3.63, 3.8) is 0 Å². The molecule has 2 aromatic rings. The van der Waals surface area contributed by atoms with Crippen LogP contribution >= 0.6 is 11.6 Å². The summed E-state index contributed by atoms with van der Waals surface area (Å²) in [5, 5.41) is 7.99. The van der Waals surface area contributed by atoms with Crippen LogP contribution in [-0.4, -0.2) is 34.8 Å². The van der Waals surface area contributed by atoms with Gasteiger partial charge in [0.05, 0.1) is 22.8 Å². The van der Waals surface area contributed by atoms with Gasteiger partial charge < -0.3 is 10.2 Å². The second-order valence-corrected chi connectivity index (χ2v) is 7.60. The molecule has 3 rings (SSSR count). The van der Waals surface area contributed by atoms with Gasteiger partial charge in [-0.1, -0.05) is 11.6 Å². The zero-order chi connectivity index (χ0) is 18.7. The minimum absolute atomic E-state index is 0.0461. The predicted octanol–water partition coefficient (Wildman–Crippen LogP) is 3.96. The summed E-state index contributed by atoms with van der Waals surface area (Å²) in [6.07, 6.45) is 3.68. The topological polar surface area (TPSA) is 50.2 Å². The summed E-state index contributed by atoms with van der Waals surface area (Å²) in [6, 6.07) is 7.73. The number of nitrogens with zero attached hydrogens (tertiary/aromatic N) is 3. The Bertz CT molecular complexity index is 780. The summed E-state index contributed by atoms with van der Waals surface area (Å²) in [5.74, 6) is -0.136. The van der Waals surface area contributed by atoms with E-state index in [4.69, 9.17) is 11.6 Å². The smallest absolute Gasteiger partial charge is 0.253 e. The van der Waals surface area contributed by atoms with E-state index in [1.165, 1.54) is 19.3 Å². The van der Waals surface area contributed by atoms with Crippen molar-refractivity contribution in [2.45, 2.75) is 52.6 Å². The number of nitrogens with one attached hydrogen (secondary N) is 1. The van der Waals surface area contributed by atoms with Crippen molar-refractivity contribution in [2.75, 3.05) is 18.0 Å². The number of amides is 1. The van der Waals surface area contributed by atoms with Crippen molar-refractivity contribution in [3.8, 4) is 0 Å². The molecule has 0 saturated carbocycles. The van der Waals surface area contributed by atoms with Crippen LogP contribution in [0.1, 0.15) is 47.9 Å². The monoisotopic (exact) mass is 374 g/mol. The molecule has 2 heterocycles. The van der Waals surface area contributed by atoms with E-state index < -0.39 is 0 Å². The molecule has 1 fully saturated rings. The van der Waals surface area contributed by atoms with Gasteiger partial charge in [0.25, 0.3) is 5.91 Å². The maximum Gasteiger partial charge on any atom is 0.253 e. The molecule has 6 heteroatoms. The van der Waals surface area contributed by atoms with Crippen LogP contribution in [0.15, 0.2) is 24.3 Å². The molecular weight excluding hydrogens is 348 g/mol. The molecule has 140 valence electrons. The normalized spacial score (nSPS) is 15.8. The Morgan fingerprint density at radius 3 is 2.62 bits per heavy atom. The molecule has 0 aliphatic carbocycles. The van der Waals surface area contributed by atoms with Crippen LogP contribution in [0.2, 0.25) is 5.02 Å². The first-order chi connectivity index (χ1) is 12.4. The lowest BCUT2D eigenvalue weighted by Crippen LogP contribution is -2.36. The van der Waals surface area contributed by atoms with E-state index in [0.717, 1.165) is 30.2 Å². The molecule has 1 amide bonds. The largest absolute Gasteiger partial charge is 0.372 e. The lowest BCUT2D eigenvalue weighted by molar-refractivity contribution is 0.0936. The van der Waals surface area contributed by atoms with E-state index in [2.05, 4.69) is 15.3 Å². The van der Waals surface area contributed by atoms with Gasteiger partial charge in [-0.3, -0.25) is 9.48 Å². The summed E-state index contributed by atoms with van der Waals surface area (Å²) in [5.41, 5.74) is 3.69. The molecule has 0 unspecified atom stereocenters. The molecule has 1 aromatic heterocycles. The van der Waals surface area contributed by atoms with Crippen molar-refractivity contribution in [3.05, 3.63) is 46.2 Å². The number of aromatic nitrogens is 2. The third kappa shape index (κ3) is 4.39. The van der Waals surface area contributed by atoms with Gasteiger partial charge in [0.1, 0.15) is 0 Å². The molecule has 0 bridgehead atoms. The molecule has 0 radical (unpaired) electrons. The zero-order valence-corrected chi connectivity index (χ0v) is 16.5. The number of anilines is 1. The predicted molar refractivity (Wildman–Crippen MR) is 106 cm³/mol. The molecule has 0 spiro atoms. The van der Waals surface area contributed by atoms with E-state index >= 15 is 0 Å². The fourth-order valence-electron chi connectivity index (χ4n) is 3.50. The van der Waals surface area contributed by atoms with Crippen LogP contribution in [0.5, 0.6) is 0 Å². The second kappa shape index (κ2) is 8.12.